The Morgan fingerprint density at radius 2 is 2.00 bits per heavy atom. The Labute approximate surface area is 115 Å². The van der Waals surface area contributed by atoms with Crippen LogP contribution < -0.4 is 5.32 Å². The van der Waals surface area contributed by atoms with Crippen LogP contribution in [0.4, 0.5) is 0 Å². The Kier molecular flexibility index (Phi) is 5.93. The molecule has 1 rings (SSSR count). The number of rotatable bonds is 5. The molecule has 0 aliphatic heterocycles. The Hall–Kier alpha value is -0.0900. The predicted molar refractivity (Wildman–Crippen MR) is 76.4 cm³/mol. The van der Waals surface area contributed by atoms with Crippen molar-refractivity contribution in [2.24, 2.45) is 0 Å². The van der Waals surface area contributed by atoms with Crippen LogP contribution in [0, 0.1) is 0 Å². The number of nitrogens with one attached hydrogen (secondary N) is 1. The summed E-state index contributed by atoms with van der Waals surface area (Å²) in [5, 5.41) is 4.50. The van der Waals surface area contributed by atoms with Crippen molar-refractivity contribution in [3.8, 4) is 0 Å². The van der Waals surface area contributed by atoms with Crippen molar-refractivity contribution in [2.75, 3.05) is 12.0 Å². The van der Waals surface area contributed by atoms with Gasteiger partial charge in [0.1, 0.15) is 0 Å². The van der Waals surface area contributed by atoms with Gasteiger partial charge in [-0.05, 0) is 25.5 Å². The molecule has 17 heavy (non-hydrogen) atoms. The van der Waals surface area contributed by atoms with Crippen LogP contribution >= 0.6 is 23.2 Å². The molecule has 0 fully saturated rings. The Morgan fingerprint density at radius 1 is 1.35 bits per heavy atom. The first-order chi connectivity index (χ1) is 7.91. The minimum Gasteiger partial charge on any atom is -0.307 e. The van der Waals surface area contributed by atoms with Crippen LogP contribution in [0.15, 0.2) is 18.2 Å². The van der Waals surface area contributed by atoms with Crippen LogP contribution in [0.3, 0.4) is 0 Å². The third-order valence-electron chi connectivity index (χ3n) is 2.47. The van der Waals surface area contributed by atoms with E-state index in [1.165, 1.54) is 0 Å². The molecule has 1 N–H and O–H groups in total. The maximum absolute atomic E-state index is 11.1. The zero-order valence-electron chi connectivity index (χ0n) is 10.2. The first-order valence-electron chi connectivity index (χ1n) is 5.41. The van der Waals surface area contributed by atoms with E-state index in [0.29, 0.717) is 15.8 Å². The van der Waals surface area contributed by atoms with Crippen LogP contribution in [0.1, 0.15) is 25.5 Å². The quantitative estimate of drug-likeness (QED) is 0.901. The summed E-state index contributed by atoms with van der Waals surface area (Å²) in [7, 11) is -0.800. The van der Waals surface area contributed by atoms with Crippen LogP contribution in [-0.4, -0.2) is 22.3 Å². The van der Waals surface area contributed by atoms with Crippen molar-refractivity contribution in [3.63, 3.8) is 0 Å². The zero-order chi connectivity index (χ0) is 13.0. The molecule has 5 heteroatoms. The average molecular weight is 294 g/mol. The second kappa shape index (κ2) is 6.74. The third-order valence-corrected chi connectivity index (χ3v) is 4.27. The fourth-order valence-electron chi connectivity index (χ4n) is 1.77. The summed E-state index contributed by atoms with van der Waals surface area (Å²) in [6.45, 7) is 4.03. The SMILES string of the molecule is CC(CS(C)=O)NC(C)c1cccc(Cl)c1Cl. The lowest BCUT2D eigenvalue weighted by molar-refractivity contribution is 0.508. The molecule has 0 heterocycles. The topological polar surface area (TPSA) is 29.1 Å². The summed E-state index contributed by atoms with van der Waals surface area (Å²) in [5.41, 5.74) is 0.966. The van der Waals surface area contributed by atoms with Crippen LogP contribution in [-0.2, 0) is 10.8 Å². The van der Waals surface area contributed by atoms with Crippen molar-refractivity contribution in [2.45, 2.75) is 25.9 Å². The number of hydrogen-bond acceptors (Lipinski definition) is 2. The maximum Gasteiger partial charge on any atom is 0.0639 e. The van der Waals surface area contributed by atoms with Crippen molar-refractivity contribution >= 4 is 34.0 Å². The van der Waals surface area contributed by atoms with Gasteiger partial charge in [-0.3, -0.25) is 4.21 Å². The molecule has 0 aliphatic carbocycles. The largest absolute Gasteiger partial charge is 0.307 e. The van der Waals surface area contributed by atoms with E-state index in [4.69, 9.17) is 23.2 Å². The van der Waals surface area contributed by atoms with Gasteiger partial charge in [-0.25, -0.2) is 0 Å². The normalized spacial score (nSPS) is 16.5. The van der Waals surface area contributed by atoms with Gasteiger partial charge < -0.3 is 5.32 Å². The third kappa shape index (κ3) is 4.59. The molecule has 0 saturated heterocycles. The van der Waals surface area contributed by atoms with E-state index in [9.17, 15) is 4.21 Å². The van der Waals surface area contributed by atoms with Gasteiger partial charge in [-0.1, -0.05) is 35.3 Å². The summed E-state index contributed by atoms with van der Waals surface area (Å²) >= 11 is 12.1. The highest BCUT2D eigenvalue weighted by Crippen LogP contribution is 2.29. The van der Waals surface area contributed by atoms with Crippen LogP contribution in [0.25, 0.3) is 0 Å². The summed E-state index contributed by atoms with van der Waals surface area (Å²) in [4.78, 5) is 0. The molecular weight excluding hydrogens is 277 g/mol. The van der Waals surface area contributed by atoms with Gasteiger partial charge in [0.2, 0.25) is 0 Å². The molecule has 3 atom stereocenters. The molecule has 0 spiro atoms. The molecule has 0 aliphatic rings. The Balaban J connectivity index is 2.73. The molecular formula is C12H17Cl2NOS. The second-order valence-electron chi connectivity index (χ2n) is 4.17. The van der Waals surface area contributed by atoms with Crippen molar-refractivity contribution in [1.82, 2.24) is 5.32 Å². The van der Waals surface area contributed by atoms with Gasteiger partial charge >= 0.3 is 0 Å². The van der Waals surface area contributed by atoms with E-state index in [-0.39, 0.29) is 12.1 Å². The number of benzene rings is 1. The lowest BCUT2D eigenvalue weighted by Gasteiger charge is -2.20. The molecule has 2 nitrogen and oxygen atoms in total. The van der Waals surface area contributed by atoms with Gasteiger partial charge in [0, 0.05) is 34.9 Å². The Morgan fingerprint density at radius 3 is 2.59 bits per heavy atom. The maximum atomic E-state index is 11.1. The summed E-state index contributed by atoms with van der Waals surface area (Å²) in [5.74, 6) is 0.628. The van der Waals surface area contributed by atoms with Crippen molar-refractivity contribution < 1.29 is 4.21 Å². The van der Waals surface area contributed by atoms with E-state index in [2.05, 4.69) is 5.32 Å². The average Bonchev–Trinajstić information content (AvgIpc) is 2.20. The molecule has 1 aromatic carbocycles. The molecule has 1 aromatic rings. The van der Waals surface area contributed by atoms with Crippen LogP contribution in [0.2, 0.25) is 10.0 Å². The molecule has 0 saturated carbocycles. The van der Waals surface area contributed by atoms with E-state index in [0.717, 1.165) is 5.56 Å². The van der Waals surface area contributed by atoms with Crippen molar-refractivity contribution in [1.29, 1.82) is 0 Å². The highest BCUT2D eigenvalue weighted by atomic mass is 35.5. The van der Waals surface area contributed by atoms with E-state index in [1.54, 1.807) is 12.3 Å². The predicted octanol–water partition coefficient (Wildman–Crippen LogP) is 3.41. The van der Waals surface area contributed by atoms with Crippen molar-refractivity contribution in [3.05, 3.63) is 33.8 Å². The lowest BCUT2D eigenvalue weighted by atomic mass is 10.1. The fraction of sp³-hybridized carbons (Fsp3) is 0.500. The van der Waals surface area contributed by atoms with Gasteiger partial charge in [0.05, 0.1) is 10.0 Å². The lowest BCUT2D eigenvalue weighted by Crippen LogP contribution is -2.33. The van der Waals surface area contributed by atoms with E-state index < -0.39 is 10.8 Å². The minimum atomic E-state index is -0.800. The zero-order valence-corrected chi connectivity index (χ0v) is 12.5. The monoisotopic (exact) mass is 293 g/mol. The molecule has 0 bridgehead atoms. The molecule has 3 unspecified atom stereocenters. The molecule has 0 aromatic heterocycles. The van der Waals surface area contributed by atoms with E-state index in [1.807, 2.05) is 26.0 Å². The smallest absolute Gasteiger partial charge is 0.0639 e. The van der Waals surface area contributed by atoms with E-state index >= 15 is 0 Å². The van der Waals surface area contributed by atoms with Gasteiger partial charge in [0.25, 0.3) is 0 Å². The van der Waals surface area contributed by atoms with Crippen LogP contribution in [0.5, 0.6) is 0 Å². The summed E-state index contributed by atoms with van der Waals surface area (Å²) < 4.78 is 11.1. The first-order valence-corrected chi connectivity index (χ1v) is 7.90. The first kappa shape index (κ1) is 15.0. The highest BCUT2D eigenvalue weighted by molar-refractivity contribution is 7.84. The fourth-order valence-corrected chi connectivity index (χ4v) is 3.04. The molecule has 0 radical (unpaired) electrons. The minimum absolute atomic E-state index is 0.0831. The highest BCUT2D eigenvalue weighted by Gasteiger charge is 2.14. The molecule has 0 amide bonds. The summed E-state index contributed by atoms with van der Waals surface area (Å²) in [6, 6.07) is 5.85. The standard InChI is InChI=1S/C12H17Cl2NOS/c1-8(7-17(3)16)15-9(2)10-5-4-6-11(13)12(10)14/h4-6,8-9,15H,7H2,1-3H3. The van der Waals surface area contributed by atoms with Gasteiger partial charge in [0.15, 0.2) is 0 Å². The van der Waals surface area contributed by atoms with Gasteiger partial charge in [-0.15, -0.1) is 0 Å². The number of halogens is 2. The molecule has 96 valence electrons. The summed E-state index contributed by atoms with van der Waals surface area (Å²) in [6.07, 6.45) is 1.70. The Bertz CT molecular complexity index is 411. The second-order valence-corrected chi connectivity index (χ2v) is 6.44. The number of hydrogen-bond donors (Lipinski definition) is 1. The van der Waals surface area contributed by atoms with Gasteiger partial charge in [-0.2, -0.15) is 0 Å².